The summed E-state index contributed by atoms with van der Waals surface area (Å²) < 4.78 is 47.6. The number of hydrogen-bond acceptors (Lipinski definition) is 11. The zero-order chi connectivity index (χ0) is 51.4. The molecule has 0 aromatic rings. The maximum Gasteiger partial charge on any atom is 0.410 e. The molecule has 0 aliphatic carbocycles. The van der Waals surface area contributed by atoms with Crippen molar-refractivity contribution in [2.24, 2.45) is 5.92 Å². The average molecular weight is 1020 g/mol. The third-order valence-electron chi connectivity index (χ3n) is 17.6. The van der Waals surface area contributed by atoms with E-state index >= 15 is 0 Å². The normalized spacial score (nSPS) is 28.4. The highest BCUT2D eigenvalue weighted by molar-refractivity contribution is 6.74. The molecule has 0 radical (unpaired) electrons. The molecule has 4 aliphatic rings. The minimum absolute atomic E-state index is 0.0261. The van der Waals surface area contributed by atoms with Gasteiger partial charge in [0.15, 0.2) is 30.6 Å². The number of likely N-dealkylation sites (tertiary alicyclic amines) is 1. The third-order valence-corrected chi connectivity index (χ3v) is 31.7. The number of nitrogens with zero attached hydrogens (tertiary/aromatic N) is 1. The van der Waals surface area contributed by atoms with Crippen molar-refractivity contribution >= 4 is 43.0 Å². The number of allylic oxidation sites excluding steroid dienone is 2. The smallest absolute Gasteiger partial charge is 0.410 e. The van der Waals surface area contributed by atoms with Gasteiger partial charge in [-0.25, -0.2) is 4.79 Å². The van der Waals surface area contributed by atoms with E-state index in [9.17, 15) is 14.4 Å². The Bertz CT molecular complexity index is 1740. The topological polar surface area (TPSA) is 134 Å². The molecule has 2 bridgehead atoms. The van der Waals surface area contributed by atoms with Gasteiger partial charge in [-0.2, -0.15) is 0 Å². The zero-order valence-electron chi connectivity index (χ0n) is 46.3. The number of carbonyl (C=O) groups excluding carboxylic acids is 3. The lowest BCUT2D eigenvalue weighted by molar-refractivity contribution is -0.179. The van der Waals surface area contributed by atoms with Crippen molar-refractivity contribution in [1.29, 1.82) is 0 Å². The fraction of sp³-hybridized carbons (Fsp3) is 0.833. The quantitative estimate of drug-likeness (QED) is 0.0234. The van der Waals surface area contributed by atoms with Crippen LogP contribution in [0.3, 0.4) is 0 Å². The molecule has 0 spiro atoms. The second kappa shape index (κ2) is 26.2. The van der Waals surface area contributed by atoms with Gasteiger partial charge in [0, 0.05) is 50.5 Å². The molecule has 69 heavy (non-hydrogen) atoms. The molecular formula is C54H98N2O10Si3. The lowest BCUT2D eigenvalue weighted by Crippen LogP contribution is -2.62. The number of cyclic esters (lactones) is 1. The van der Waals surface area contributed by atoms with Crippen LogP contribution in [0.1, 0.15) is 156 Å². The van der Waals surface area contributed by atoms with Crippen molar-refractivity contribution in [2.75, 3.05) is 13.1 Å². The summed E-state index contributed by atoms with van der Waals surface area (Å²) in [6.07, 6.45) is 10.5. The first-order valence-electron chi connectivity index (χ1n) is 27.5. The molecule has 0 unspecified atom stereocenters. The monoisotopic (exact) mass is 1020 g/mol. The number of carbonyl (C=O) groups is 3. The van der Waals surface area contributed by atoms with E-state index in [1.54, 1.807) is 0 Å². The number of piperazine rings is 1. The molecule has 4 aliphatic heterocycles. The van der Waals surface area contributed by atoms with Crippen molar-refractivity contribution in [3.05, 3.63) is 35.5 Å². The summed E-state index contributed by atoms with van der Waals surface area (Å²) in [7, 11) is -6.32. The molecule has 3 fully saturated rings. The summed E-state index contributed by atoms with van der Waals surface area (Å²) in [5.41, 5.74) is -0.472. The van der Waals surface area contributed by atoms with Crippen LogP contribution < -0.4 is 5.32 Å². The Labute approximate surface area is 422 Å². The van der Waals surface area contributed by atoms with Gasteiger partial charge in [0.05, 0.1) is 18.6 Å². The van der Waals surface area contributed by atoms with Gasteiger partial charge in [-0.15, -0.1) is 0 Å². The van der Waals surface area contributed by atoms with E-state index in [0.29, 0.717) is 31.8 Å². The Morgan fingerprint density at radius 2 is 1.49 bits per heavy atom. The Morgan fingerprint density at radius 3 is 2.01 bits per heavy atom. The van der Waals surface area contributed by atoms with Gasteiger partial charge < -0.3 is 42.4 Å². The largest absolute Gasteiger partial charge is 0.457 e. The van der Waals surface area contributed by atoms with E-state index < -0.39 is 54.5 Å². The second-order valence-electron chi connectivity index (χ2n) is 21.4. The molecule has 396 valence electrons. The highest BCUT2D eigenvalue weighted by Gasteiger charge is 2.66. The fourth-order valence-corrected chi connectivity index (χ4v) is 20.6. The predicted molar refractivity (Wildman–Crippen MR) is 286 cm³/mol. The van der Waals surface area contributed by atoms with Crippen LogP contribution in [0.25, 0.3) is 0 Å². The van der Waals surface area contributed by atoms with Crippen molar-refractivity contribution < 1.29 is 46.6 Å². The molecule has 1 amide bonds. The number of esters is 2. The Kier molecular flexibility index (Phi) is 22.6. The summed E-state index contributed by atoms with van der Waals surface area (Å²) in [5, 5.41) is 3.48. The molecule has 0 aromatic heterocycles. The first-order chi connectivity index (χ1) is 32.7. The van der Waals surface area contributed by atoms with Crippen molar-refractivity contribution in [3.63, 3.8) is 0 Å². The van der Waals surface area contributed by atoms with Crippen LogP contribution in [0.15, 0.2) is 35.5 Å². The number of rotatable bonds is 25. The van der Waals surface area contributed by atoms with E-state index in [4.69, 9.17) is 32.2 Å². The summed E-state index contributed by atoms with van der Waals surface area (Å²) >= 11 is 0. The highest BCUT2D eigenvalue weighted by Crippen LogP contribution is 2.50. The number of fused-ring (bicyclic) bond motifs is 2. The SMILES string of the molecule is CC[C@H](O[Si](CC)(CC)CC)[C@@H](C)[C@H]1O[C@H]1[C@@](C)(OC(C)=O)[C@@](C)(/C=C/C(C)=C(\C)[C@H]1C/C=C/[C@H](OC(=O)N2C[C@H]3C[C@@H]2CN3)CCC[C@@H](O[Si](CC)(CC)CC)CC(=O)O1)O[Si](CC)(CC)CC. The summed E-state index contributed by atoms with van der Waals surface area (Å²) in [5.74, 6) is -0.595. The molecule has 1 N–H and O–H groups in total. The predicted octanol–water partition coefficient (Wildman–Crippen LogP) is 12.6. The fourth-order valence-electron chi connectivity index (χ4n) is 11.5. The van der Waals surface area contributed by atoms with Crippen LogP contribution in [-0.4, -0.2) is 121 Å². The molecule has 15 heteroatoms. The number of nitrogens with one attached hydrogen (secondary N) is 1. The average Bonchev–Trinajstić information content (AvgIpc) is 3.87. The summed E-state index contributed by atoms with van der Waals surface area (Å²) in [4.78, 5) is 42.8. The van der Waals surface area contributed by atoms with Crippen molar-refractivity contribution in [3.8, 4) is 0 Å². The van der Waals surface area contributed by atoms with Crippen LogP contribution in [0.4, 0.5) is 4.79 Å². The number of hydrogen-bond donors (Lipinski definition) is 1. The number of epoxide rings is 1. The van der Waals surface area contributed by atoms with Crippen LogP contribution >= 0.6 is 0 Å². The maximum absolute atomic E-state index is 14.1. The van der Waals surface area contributed by atoms with Gasteiger partial charge in [-0.05, 0) is 137 Å². The maximum atomic E-state index is 14.1. The highest BCUT2D eigenvalue weighted by atomic mass is 28.4. The standard InChI is InChI=1S/C54H98N2O10Si3/c1-17-47(65-68(21-5,22-6)23-7)41(13)50-51(62-50)54(16,63-42(14)57)53(15,66-69(24-8,25-9)26-10)34-33-39(11)40(12)48-32-28-30-45(60-52(59)56-38-43-35-44(56)37-55-43)29-27-31-46(36-49(58)61-48)64-67(18-2,19-3)20-4/h28,30,33-34,41,43-48,50-51,55H,17-27,29,31-32,35-38H2,1-16H3/b30-28+,34-33+,40-39+/t41-,43-,44-,45-,46-,47+,48-,50-,51-,53-,54-/m1/s1. The lowest BCUT2D eigenvalue weighted by Gasteiger charge is -2.48. The minimum atomic E-state index is -2.35. The molecule has 3 saturated heterocycles. The Morgan fingerprint density at radius 1 is 0.884 bits per heavy atom. The van der Waals surface area contributed by atoms with Crippen LogP contribution in [0.5, 0.6) is 0 Å². The summed E-state index contributed by atoms with van der Waals surface area (Å²) in [6.45, 7) is 35.5. The molecule has 12 nitrogen and oxygen atoms in total. The molecule has 11 atom stereocenters. The Balaban J connectivity index is 1.74. The number of ether oxygens (including phenoxy) is 4. The molecule has 0 saturated carbocycles. The van der Waals surface area contributed by atoms with Crippen molar-refractivity contribution in [2.45, 2.75) is 270 Å². The minimum Gasteiger partial charge on any atom is -0.457 e. The van der Waals surface area contributed by atoms with Crippen molar-refractivity contribution in [1.82, 2.24) is 10.2 Å². The van der Waals surface area contributed by atoms with E-state index in [2.05, 4.69) is 101 Å². The van der Waals surface area contributed by atoms with E-state index in [1.165, 1.54) is 6.92 Å². The van der Waals surface area contributed by atoms with Gasteiger partial charge in [-0.3, -0.25) is 9.59 Å². The second-order valence-corrected chi connectivity index (χ2v) is 35.5. The first-order valence-corrected chi connectivity index (χ1v) is 35.1. The lowest BCUT2D eigenvalue weighted by atomic mass is 9.78. The van der Waals surface area contributed by atoms with E-state index in [0.717, 1.165) is 91.4 Å². The molecule has 0 aromatic carbocycles. The van der Waals surface area contributed by atoms with Crippen LogP contribution in [0.2, 0.25) is 54.4 Å². The third kappa shape index (κ3) is 14.6. The van der Waals surface area contributed by atoms with Gasteiger partial charge in [0.2, 0.25) is 0 Å². The van der Waals surface area contributed by atoms with E-state index in [1.807, 2.05) is 37.8 Å². The first kappa shape index (κ1) is 59.4. The molecule has 4 heterocycles. The molecule has 4 rings (SSSR count). The van der Waals surface area contributed by atoms with E-state index in [-0.39, 0.29) is 54.7 Å². The Hall–Kier alpha value is -2.12. The summed E-state index contributed by atoms with van der Waals surface area (Å²) in [6, 6.07) is 9.38. The number of amides is 1. The van der Waals surface area contributed by atoms with Crippen LogP contribution in [0, 0.1) is 5.92 Å². The van der Waals surface area contributed by atoms with Gasteiger partial charge in [0.1, 0.15) is 23.9 Å². The zero-order valence-corrected chi connectivity index (χ0v) is 49.3. The van der Waals surface area contributed by atoms with Gasteiger partial charge in [-0.1, -0.05) is 88.3 Å². The van der Waals surface area contributed by atoms with Crippen LogP contribution in [-0.2, 0) is 41.8 Å². The van der Waals surface area contributed by atoms with Gasteiger partial charge in [0.25, 0.3) is 0 Å². The molecular weight excluding hydrogens is 921 g/mol. The van der Waals surface area contributed by atoms with Gasteiger partial charge >= 0.3 is 18.0 Å².